The molecular formula is C22H25F3N6O3. The van der Waals surface area contributed by atoms with Crippen molar-refractivity contribution in [2.75, 3.05) is 26.2 Å². The molecule has 2 aliphatic heterocycles. The van der Waals surface area contributed by atoms with Gasteiger partial charge in [-0.1, -0.05) is 12.1 Å². The molecule has 0 unspecified atom stereocenters. The summed E-state index contributed by atoms with van der Waals surface area (Å²) >= 11 is 0. The van der Waals surface area contributed by atoms with Crippen LogP contribution in [0.2, 0.25) is 0 Å². The van der Waals surface area contributed by atoms with Gasteiger partial charge in [-0.15, -0.1) is 23.4 Å². The third-order valence-electron chi connectivity index (χ3n) is 6.12. The Balaban J connectivity index is 1.24. The van der Waals surface area contributed by atoms with Crippen molar-refractivity contribution in [1.82, 2.24) is 30.3 Å². The van der Waals surface area contributed by atoms with Crippen molar-refractivity contribution in [2.45, 2.75) is 25.7 Å². The maximum atomic E-state index is 12.6. The summed E-state index contributed by atoms with van der Waals surface area (Å²) in [5.74, 6) is 0.806. The normalized spacial score (nSPS) is 20.8. The number of amides is 3. The molecule has 2 saturated heterocycles. The quantitative estimate of drug-likeness (QED) is 0.644. The van der Waals surface area contributed by atoms with Crippen LogP contribution in [-0.2, 0) is 11.3 Å². The van der Waals surface area contributed by atoms with Crippen molar-refractivity contribution < 1.29 is 27.5 Å². The van der Waals surface area contributed by atoms with E-state index in [1.54, 1.807) is 11.0 Å². The molecule has 0 aliphatic carbocycles. The molecule has 0 spiro atoms. The van der Waals surface area contributed by atoms with Gasteiger partial charge in [-0.2, -0.15) is 0 Å². The van der Waals surface area contributed by atoms with E-state index in [1.165, 1.54) is 36.7 Å². The van der Waals surface area contributed by atoms with Crippen molar-refractivity contribution in [3.63, 3.8) is 0 Å². The first-order valence-corrected chi connectivity index (χ1v) is 11.0. The van der Waals surface area contributed by atoms with Gasteiger partial charge in [0.15, 0.2) is 0 Å². The zero-order valence-corrected chi connectivity index (χ0v) is 18.3. The van der Waals surface area contributed by atoms with Crippen LogP contribution in [-0.4, -0.2) is 69.5 Å². The number of rotatable bonds is 5. The first-order chi connectivity index (χ1) is 16.3. The molecule has 2 atom stereocenters. The second-order valence-corrected chi connectivity index (χ2v) is 8.37. The van der Waals surface area contributed by atoms with Crippen molar-refractivity contribution in [3.05, 3.63) is 48.1 Å². The van der Waals surface area contributed by atoms with E-state index >= 15 is 0 Å². The molecule has 2 N–H and O–H groups in total. The molecular weight excluding hydrogens is 453 g/mol. The highest BCUT2D eigenvalue weighted by Crippen LogP contribution is 2.32. The van der Waals surface area contributed by atoms with Gasteiger partial charge in [-0.3, -0.25) is 4.79 Å². The summed E-state index contributed by atoms with van der Waals surface area (Å²) in [6, 6.07) is 5.20. The minimum absolute atomic E-state index is 0.132. The number of carbonyl (C=O) groups is 2. The van der Waals surface area contributed by atoms with Crippen LogP contribution in [0.4, 0.5) is 18.0 Å². The van der Waals surface area contributed by atoms with E-state index in [4.69, 9.17) is 0 Å². The van der Waals surface area contributed by atoms with E-state index in [0.29, 0.717) is 49.4 Å². The molecule has 0 radical (unpaired) electrons. The molecule has 2 fully saturated rings. The molecule has 1 aromatic heterocycles. The molecule has 9 nitrogen and oxygen atoms in total. The molecule has 3 amide bonds. The van der Waals surface area contributed by atoms with Crippen molar-refractivity contribution in [3.8, 4) is 5.75 Å². The lowest BCUT2D eigenvalue weighted by Gasteiger charge is -2.21. The Morgan fingerprint density at radius 3 is 2.38 bits per heavy atom. The Labute approximate surface area is 194 Å². The van der Waals surface area contributed by atoms with Gasteiger partial charge in [0.2, 0.25) is 5.91 Å². The fourth-order valence-electron chi connectivity index (χ4n) is 4.38. The number of likely N-dealkylation sites (tertiary alicyclic amines) is 2. The maximum absolute atomic E-state index is 12.6. The summed E-state index contributed by atoms with van der Waals surface area (Å²) in [5.41, 5.74) is 0.599. The number of hydrogen-bond acceptors (Lipinski definition) is 5. The third-order valence-corrected chi connectivity index (χ3v) is 6.12. The average molecular weight is 478 g/mol. The molecule has 0 bridgehead atoms. The number of hydrogen-bond donors (Lipinski definition) is 2. The number of nitrogens with one attached hydrogen (secondary N) is 2. The summed E-state index contributed by atoms with van der Waals surface area (Å²) in [6.45, 7) is 2.78. The van der Waals surface area contributed by atoms with E-state index in [-0.39, 0.29) is 24.2 Å². The number of benzene rings is 1. The predicted octanol–water partition coefficient (Wildman–Crippen LogP) is 2.80. The van der Waals surface area contributed by atoms with Crippen LogP contribution in [0.15, 0.2) is 36.7 Å². The minimum Gasteiger partial charge on any atom is -0.406 e. The molecule has 12 heteroatoms. The first-order valence-electron chi connectivity index (χ1n) is 11.0. The van der Waals surface area contributed by atoms with Crippen LogP contribution in [0.1, 0.15) is 24.2 Å². The maximum Gasteiger partial charge on any atom is 0.573 e. The fraction of sp³-hybridized carbons (Fsp3) is 0.455. The topological polar surface area (TPSA) is 103 Å². The van der Waals surface area contributed by atoms with Gasteiger partial charge in [-0.25, -0.2) is 4.79 Å². The number of carbonyl (C=O) groups excluding carboxylic acids is 2. The van der Waals surface area contributed by atoms with E-state index in [0.717, 1.165) is 12.8 Å². The van der Waals surface area contributed by atoms with Gasteiger partial charge in [0.25, 0.3) is 0 Å². The highest BCUT2D eigenvalue weighted by atomic mass is 19.4. The van der Waals surface area contributed by atoms with Crippen LogP contribution < -0.4 is 10.1 Å². The smallest absolute Gasteiger partial charge is 0.406 e. The number of halogens is 3. The van der Waals surface area contributed by atoms with E-state index < -0.39 is 6.36 Å². The highest BCUT2D eigenvalue weighted by Gasteiger charge is 2.37. The lowest BCUT2D eigenvalue weighted by molar-refractivity contribution is -0.274. The van der Waals surface area contributed by atoms with Gasteiger partial charge in [-0.05, 0) is 48.4 Å². The molecule has 2 aliphatic rings. The Bertz CT molecular complexity index is 994. The average Bonchev–Trinajstić information content (AvgIpc) is 3.42. The van der Waals surface area contributed by atoms with Crippen LogP contribution in [0.3, 0.4) is 0 Å². The largest absolute Gasteiger partial charge is 0.573 e. The summed E-state index contributed by atoms with van der Waals surface area (Å²) < 4.78 is 40.6. The molecule has 2 aromatic rings. The molecule has 34 heavy (non-hydrogen) atoms. The Hall–Kier alpha value is -3.57. The number of ether oxygens (including phenoxy) is 1. The number of fused-ring (bicyclic) bond motifs is 1. The Morgan fingerprint density at radius 1 is 1.12 bits per heavy atom. The van der Waals surface area contributed by atoms with Crippen LogP contribution >= 0.6 is 0 Å². The van der Waals surface area contributed by atoms with Crippen molar-refractivity contribution >= 4 is 18.0 Å². The lowest BCUT2D eigenvalue weighted by Crippen LogP contribution is -2.39. The summed E-state index contributed by atoms with van der Waals surface area (Å²) in [6.07, 6.45) is 1.34. The van der Waals surface area contributed by atoms with Crippen molar-refractivity contribution in [2.24, 2.45) is 11.8 Å². The monoisotopic (exact) mass is 478 g/mol. The Morgan fingerprint density at radius 2 is 1.79 bits per heavy atom. The van der Waals surface area contributed by atoms with Crippen LogP contribution in [0.5, 0.6) is 5.75 Å². The molecule has 182 valence electrons. The standard InChI is InChI=1S/C22H25F3N6O3/c23-22(24,25)34-18-4-1-15(2-5-18)3-6-20(32)30-9-7-16-12-31(13-17(16)8-10-30)21(33)26-11-19-27-14-28-29-19/h1-6,14,16-17H,7-13H2,(H,26,33)(H,27,28,29)/b6-3+/t16-,17+. The van der Waals surface area contributed by atoms with Gasteiger partial charge < -0.3 is 24.8 Å². The number of alkyl halides is 3. The molecule has 4 rings (SSSR count). The van der Waals surface area contributed by atoms with Gasteiger partial charge in [0.05, 0.1) is 6.54 Å². The molecule has 3 heterocycles. The number of nitrogens with zero attached hydrogens (tertiary/aromatic N) is 4. The molecule has 0 saturated carbocycles. The van der Waals surface area contributed by atoms with Crippen LogP contribution in [0, 0.1) is 11.8 Å². The van der Waals surface area contributed by atoms with E-state index in [1.807, 2.05) is 4.90 Å². The number of aromatic amines is 1. The summed E-state index contributed by atoms with van der Waals surface area (Å²) in [7, 11) is 0. The second-order valence-electron chi connectivity index (χ2n) is 8.37. The summed E-state index contributed by atoms with van der Waals surface area (Å²) in [4.78, 5) is 31.6. The summed E-state index contributed by atoms with van der Waals surface area (Å²) in [5, 5.41) is 10.4. The third kappa shape index (κ3) is 6.27. The van der Waals surface area contributed by atoms with Gasteiger partial charge in [0.1, 0.15) is 17.9 Å². The number of H-pyrrole nitrogens is 1. The number of aromatic nitrogens is 3. The van der Waals surface area contributed by atoms with E-state index in [2.05, 4.69) is 25.2 Å². The fourth-order valence-corrected chi connectivity index (χ4v) is 4.38. The predicted molar refractivity (Wildman–Crippen MR) is 115 cm³/mol. The zero-order valence-electron chi connectivity index (χ0n) is 18.3. The SMILES string of the molecule is O=C(/C=C/c1ccc(OC(F)(F)F)cc1)N1CC[C@@H]2CN(C(=O)NCc3nnc[nH]3)C[C@@H]2CC1. The van der Waals surface area contributed by atoms with E-state index in [9.17, 15) is 22.8 Å². The van der Waals surface area contributed by atoms with Gasteiger partial charge in [0, 0.05) is 32.3 Å². The first kappa shape index (κ1) is 23.6. The minimum atomic E-state index is -4.74. The lowest BCUT2D eigenvalue weighted by atomic mass is 9.92. The highest BCUT2D eigenvalue weighted by molar-refractivity contribution is 5.91. The molecule has 1 aromatic carbocycles. The second kappa shape index (κ2) is 10.1. The van der Waals surface area contributed by atoms with Crippen LogP contribution in [0.25, 0.3) is 6.08 Å². The van der Waals surface area contributed by atoms with Crippen molar-refractivity contribution in [1.29, 1.82) is 0 Å². The van der Waals surface area contributed by atoms with Gasteiger partial charge >= 0.3 is 12.4 Å². The zero-order chi connectivity index (χ0) is 24.1. The number of urea groups is 1. The Kier molecular flexibility index (Phi) is 7.03.